The summed E-state index contributed by atoms with van der Waals surface area (Å²) in [5, 5.41) is 5.91. The lowest BCUT2D eigenvalue weighted by Gasteiger charge is -2.38. The smallest absolute Gasteiger partial charge is 0.253 e. The van der Waals surface area contributed by atoms with E-state index in [9.17, 15) is 4.79 Å². The SMILES string of the molecule is CCc1csc(CNC(=O)c2ccc(N3CCN4CCC[C@H]4C3)nc2)n1. The first kappa shape index (κ1) is 17.4. The van der Waals surface area contributed by atoms with E-state index in [0.717, 1.165) is 42.6 Å². The summed E-state index contributed by atoms with van der Waals surface area (Å²) in [4.78, 5) is 26.3. The van der Waals surface area contributed by atoms with Crippen molar-refractivity contribution in [2.24, 2.45) is 0 Å². The summed E-state index contributed by atoms with van der Waals surface area (Å²) in [7, 11) is 0. The van der Waals surface area contributed by atoms with Crippen molar-refractivity contribution in [1.82, 2.24) is 20.2 Å². The highest BCUT2D eigenvalue weighted by Crippen LogP contribution is 2.24. The highest BCUT2D eigenvalue weighted by atomic mass is 32.1. The van der Waals surface area contributed by atoms with Gasteiger partial charge in [-0.25, -0.2) is 9.97 Å². The number of pyridine rings is 1. The van der Waals surface area contributed by atoms with Crippen LogP contribution in [0, 0.1) is 0 Å². The van der Waals surface area contributed by atoms with Crippen LogP contribution < -0.4 is 10.2 Å². The van der Waals surface area contributed by atoms with Crippen molar-refractivity contribution in [3.05, 3.63) is 40.0 Å². The number of fused-ring (bicyclic) bond motifs is 1. The third kappa shape index (κ3) is 3.73. The number of piperazine rings is 1. The Bertz CT molecular complexity index is 760. The van der Waals surface area contributed by atoms with Crippen LogP contribution in [0.3, 0.4) is 0 Å². The largest absolute Gasteiger partial charge is 0.354 e. The Balaban J connectivity index is 1.34. The molecule has 0 aromatic carbocycles. The monoisotopic (exact) mass is 371 g/mol. The van der Waals surface area contributed by atoms with Crippen LogP contribution in [-0.2, 0) is 13.0 Å². The maximum atomic E-state index is 12.3. The highest BCUT2D eigenvalue weighted by Gasteiger charge is 2.30. The number of thiazole rings is 1. The van der Waals surface area contributed by atoms with Crippen molar-refractivity contribution in [2.75, 3.05) is 31.1 Å². The lowest BCUT2D eigenvalue weighted by atomic mass is 10.1. The van der Waals surface area contributed by atoms with Crippen LogP contribution in [-0.4, -0.2) is 53.0 Å². The van der Waals surface area contributed by atoms with Crippen molar-refractivity contribution in [2.45, 2.75) is 38.8 Å². The maximum Gasteiger partial charge on any atom is 0.253 e. The van der Waals surface area contributed by atoms with Gasteiger partial charge in [0.05, 0.1) is 17.8 Å². The van der Waals surface area contributed by atoms with Gasteiger partial charge in [0.15, 0.2) is 0 Å². The Morgan fingerprint density at radius 2 is 2.27 bits per heavy atom. The second-order valence-corrected chi connectivity index (χ2v) is 7.89. The molecule has 0 saturated carbocycles. The van der Waals surface area contributed by atoms with Crippen LogP contribution >= 0.6 is 11.3 Å². The van der Waals surface area contributed by atoms with Crippen LogP contribution in [0.25, 0.3) is 0 Å². The third-order valence-electron chi connectivity index (χ3n) is 5.28. The van der Waals surface area contributed by atoms with Gasteiger partial charge in [0.1, 0.15) is 10.8 Å². The summed E-state index contributed by atoms with van der Waals surface area (Å²) in [6, 6.07) is 4.51. The van der Waals surface area contributed by atoms with Gasteiger partial charge in [-0.15, -0.1) is 11.3 Å². The molecule has 1 N–H and O–H groups in total. The number of aromatic nitrogens is 2. The molecule has 2 fully saturated rings. The molecule has 2 saturated heterocycles. The zero-order chi connectivity index (χ0) is 17.9. The van der Waals surface area contributed by atoms with Gasteiger partial charge in [-0.2, -0.15) is 0 Å². The summed E-state index contributed by atoms with van der Waals surface area (Å²) in [5.41, 5.74) is 1.67. The molecule has 2 aromatic rings. The molecule has 0 radical (unpaired) electrons. The molecule has 26 heavy (non-hydrogen) atoms. The molecule has 1 atom stereocenters. The molecule has 138 valence electrons. The lowest BCUT2D eigenvalue weighted by molar-refractivity contribution is 0.0950. The van der Waals surface area contributed by atoms with Crippen LogP contribution in [0.2, 0.25) is 0 Å². The van der Waals surface area contributed by atoms with E-state index in [0.29, 0.717) is 18.2 Å². The second kappa shape index (κ2) is 7.72. The minimum absolute atomic E-state index is 0.0992. The molecule has 2 aliphatic rings. The van der Waals surface area contributed by atoms with Crippen molar-refractivity contribution in [1.29, 1.82) is 0 Å². The average Bonchev–Trinajstić information content (AvgIpc) is 3.34. The molecule has 2 aromatic heterocycles. The standard InChI is InChI=1S/C19H25N5OS/c1-2-15-13-26-18(22-15)11-21-19(25)14-5-6-17(20-10-14)24-9-8-23-7-3-4-16(23)12-24/h5-6,10,13,16H,2-4,7-9,11-12H2,1H3,(H,21,25)/t16-/m0/s1. The molecule has 0 spiro atoms. The minimum atomic E-state index is -0.0992. The summed E-state index contributed by atoms with van der Waals surface area (Å²) in [5.74, 6) is 0.874. The molecule has 0 unspecified atom stereocenters. The molecular weight excluding hydrogens is 346 g/mol. The first-order chi connectivity index (χ1) is 12.7. The molecule has 7 heteroatoms. The van der Waals surface area contributed by atoms with E-state index in [2.05, 4.69) is 32.0 Å². The zero-order valence-electron chi connectivity index (χ0n) is 15.1. The van der Waals surface area contributed by atoms with Gasteiger partial charge < -0.3 is 10.2 Å². The fraction of sp³-hybridized carbons (Fsp3) is 0.526. The van der Waals surface area contributed by atoms with Gasteiger partial charge in [0.25, 0.3) is 5.91 Å². The molecule has 2 aliphatic heterocycles. The van der Waals surface area contributed by atoms with Gasteiger partial charge in [0, 0.05) is 37.3 Å². The highest BCUT2D eigenvalue weighted by molar-refractivity contribution is 7.09. The summed E-state index contributed by atoms with van der Waals surface area (Å²) in [6.45, 7) is 6.96. The predicted octanol–water partition coefficient (Wildman–Crippen LogP) is 2.31. The Morgan fingerprint density at radius 3 is 3.04 bits per heavy atom. The quantitative estimate of drug-likeness (QED) is 0.874. The second-order valence-electron chi connectivity index (χ2n) is 6.95. The topological polar surface area (TPSA) is 61.4 Å². The van der Waals surface area contributed by atoms with Crippen molar-refractivity contribution in [3.63, 3.8) is 0 Å². The Kier molecular flexibility index (Phi) is 5.17. The van der Waals surface area contributed by atoms with E-state index >= 15 is 0 Å². The normalized spacial score (nSPS) is 20.2. The first-order valence-corrected chi connectivity index (χ1v) is 10.3. The number of amides is 1. The summed E-state index contributed by atoms with van der Waals surface area (Å²) in [6.07, 6.45) is 5.20. The van der Waals surface area contributed by atoms with Crippen LogP contribution in [0.15, 0.2) is 23.7 Å². The Hall–Kier alpha value is -1.99. The van der Waals surface area contributed by atoms with E-state index in [1.807, 2.05) is 17.5 Å². The number of hydrogen-bond donors (Lipinski definition) is 1. The summed E-state index contributed by atoms with van der Waals surface area (Å²) >= 11 is 1.59. The number of carbonyl (C=O) groups excluding carboxylic acids is 1. The molecule has 1 amide bonds. The van der Waals surface area contributed by atoms with E-state index in [1.54, 1.807) is 17.5 Å². The number of nitrogens with zero attached hydrogens (tertiary/aromatic N) is 4. The number of carbonyl (C=O) groups is 1. The van der Waals surface area contributed by atoms with Crippen LogP contribution in [0.1, 0.15) is 40.8 Å². The van der Waals surface area contributed by atoms with Crippen LogP contribution in [0.5, 0.6) is 0 Å². The minimum Gasteiger partial charge on any atom is -0.354 e. The number of anilines is 1. The molecule has 0 bridgehead atoms. The number of aryl methyl sites for hydroxylation is 1. The fourth-order valence-corrected chi connectivity index (χ4v) is 4.57. The molecular formula is C19H25N5OS. The van der Waals surface area contributed by atoms with E-state index in [-0.39, 0.29) is 5.91 Å². The number of rotatable bonds is 5. The van der Waals surface area contributed by atoms with E-state index in [4.69, 9.17) is 0 Å². The lowest BCUT2D eigenvalue weighted by Crippen LogP contribution is -2.50. The molecule has 0 aliphatic carbocycles. The van der Waals surface area contributed by atoms with E-state index in [1.165, 1.54) is 19.4 Å². The van der Waals surface area contributed by atoms with Gasteiger partial charge in [-0.3, -0.25) is 9.69 Å². The Morgan fingerprint density at radius 1 is 1.35 bits per heavy atom. The fourth-order valence-electron chi connectivity index (χ4n) is 3.76. The molecule has 4 heterocycles. The Labute approximate surface area is 158 Å². The van der Waals surface area contributed by atoms with Crippen molar-refractivity contribution >= 4 is 23.1 Å². The van der Waals surface area contributed by atoms with Gasteiger partial charge >= 0.3 is 0 Å². The number of hydrogen-bond acceptors (Lipinski definition) is 6. The zero-order valence-corrected chi connectivity index (χ0v) is 16.0. The van der Waals surface area contributed by atoms with Gasteiger partial charge in [0.2, 0.25) is 0 Å². The first-order valence-electron chi connectivity index (χ1n) is 9.39. The summed E-state index contributed by atoms with van der Waals surface area (Å²) < 4.78 is 0. The average molecular weight is 372 g/mol. The van der Waals surface area contributed by atoms with E-state index < -0.39 is 0 Å². The molecule has 4 rings (SSSR count). The van der Waals surface area contributed by atoms with Crippen molar-refractivity contribution in [3.8, 4) is 0 Å². The van der Waals surface area contributed by atoms with Gasteiger partial charge in [-0.1, -0.05) is 6.92 Å². The maximum absolute atomic E-state index is 12.3. The third-order valence-corrected chi connectivity index (χ3v) is 6.18. The predicted molar refractivity (Wildman–Crippen MR) is 104 cm³/mol. The van der Waals surface area contributed by atoms with Crippen LogP contribution in [0.4, 0.5) is 5.82 Å². The molecule has 6 nitrogen and oxygen atoms in total. The van der Waals surface area contributed by atoms with Crippen molar-refractivity contribution < 1.29 is 4.79 Å². The number of nitrogens with one attached hydrogen (secondary N) is 1. The van der Waals surface area contributed by atoms with Gasteiger partial charge in [-0.05, 0) is 37.9 Å².